The van der Waals surface area contributed by atoms with Crippen molar-refractivity contribution >= 4 is 11.8 Å². The molecule has 0 radical (unpaired) electrons. The first-order valence-corrected chi connectivity index (χ1v) is 6.71. The second-order valence-electron chi connectivity index (χ2n) is 3.72. The summed E-state index contributed by atoms with van der Waals surface area (Å²) in [6, 6.07) is 8.44. The summed E-state index contributed by atoms with van der Waals surface area (Å²) in [5.74, 6) is 0. The molecule has 90 valence electrons. The predicted molar refractivity (Wildman–Crippen MR) is 66.8 cm³/mol. The van der Waals surface area contributed by atoms with E-state index in [1.54, 1.807) is 11.8 Å². The molecule has 3 nitrogen and oxygen atoms in total. The Morgan fingerprint density at radius 3 is 2.06 bits per heavy atom. The number of benzene rings is 1. The van der Waals surface area contributed by atoms with Crippen molar-refractivity contribution in [2.24, 2.45) is 0 Å². The number of hydrogen-bond donors (Lipinski definition) is 3. The first-order chi connectivity index (χ1) is 7.80. The highest BCUT2D eigenvalue weighted by Crippen LogP contribution is 2.14. The van der Waals surface area contributed by atoms with Crippen LogP contribution < -0.4 is 4.90 Å². The molecule has 0 aliphatic rings. The highest BCUT2D eigenvalue weighted by Gasteiger charge is 2.07. The van der Waals surface area contributed by atoms with E-state index in [1.165, 1.54) is 15.4 Å². The fourth-order valence-electron chi connectivity index (χ4n) is 1.65. The molecule has 0 unspecified atom stereocenters. The van der Waals surface area contributed by atoms with Crippen molar-refractivity contribution in [3.63, 3.8) is 0 Å². The lowest BCUT2D eigenvalue weighted by Crippen LogP contribution is -3.11. The molecule has 0 fully saturated rings. The molecule has 16 heavy (non-hydrogen) atoms. The van der Waals surface area contributed by atoms with Crippen molar-refractivity contribution in [2.45, 2.75) is 11.4 Å². The molecule has 0 spiro atoms. The van der Waals surface area contributed by atoms with Crippen molar-refractivity contribution in [1.29, 1.82) is 0 Å². The summed E-state index contributed by atoms with van der Waals surface area (Å²) in [6.45, 7) is 2.56. The molecule has 0 aliphatic heterocycles. The Morgan fingerprint density at radius 1 is 1.06 bits per heavy atom. The number of aliphatic hydroxyl groups is 2. The topological polar surface area (TPSA) is 44.9 Å². The second kappa shape index (κ2) is 7.68. The maximum atomic E-state index is 8.92. The van der Waals surface area contributed by atoms with Crippen molar-refractivity contribution in [3.05, 3.63) is 29.8 Å². The molecule has 0 heterocycles. The van der Waals surface area contributed by atoms with Gasteiger partial charge in [0.05, 0.1) is 13.2 Å². The quantitative estimate of drug-likeness (QED) is 0.579. The first kappa shape index (κ1) is 13.5. The van der Waals surface area contributed by atoms with Crippen LogP contribution in [0.2, 0.25) is 0 Å². The lowest BCUT2D eigenvalue weighted by molar-refractivity contribution is -0.914. The predicted octanol–water partition coefficient (Wildman–Crippen LogP) is -0.222. The van der Waals surface area contributed by atoms with Crippen molar-refractivity contribution in [1.82, 2.24) is 0 Å². The molecule has 1 aromatic carbocycles. The lowest BCUT2D eigenvalue weighted by Gasteiger charge is -2.17. The van der Waals surface area contributed by atoms with E-state index in [4.69, 9.17) is 10.2 Å². The van der Waals surface area contributed by atoms with E-state index < -0.39 is 0 Å². The van der Waals surface area contributed by atoms with Crippen LogP contribution in [0.1, 0.15) is 5.56 Å². The Hall–Kier alpha value is -0.550. The van der Waals surface area contributed by atoms with Gasteiger partial charge >= 0.3 is 0 Å². The highest BCUT2D eigenvalue weighted by molar-refractivity contribution is 7.98. The monoisotopic (exact) mass is 242 g/mol. The van der Waals surface area contributed by atoms with Gasteiger partial charge in [-0.1, -0.05) is 12.1 Å². The summed E-state index contributed by atoms with van der Waals surface area (Å²) >= 11 is 1.73. The van der Waals surface area contributed by atoms with Gasteiger partial charge in [0.2, 0.25) is 0 Å². The van der Waals surface area contributed by atoms with Gasteiger partial charge in [-0.2, -0.15) is 0 Å². The van der Waals surface area contributed by atoms with E-state index in [-0.39, 0.29) is 13.2 Å². The Bertz CT molecular complexity index is 284. The fraction of sp³-hybridized carbons (Fsp3) is 0.500. The molecule has 0 bridgehead atoms. The van der Waals surface area contributed by atoms with Gasteiger partial charge in [-0.15, -0.1) is 11.8 Å². The number of hydrogen-bond acceptors (Lipinski definition) is 3. The Kier molecular flexibility index (Phi) is 6.49. The summed E-state index contributed by atoms with van der Waals surface area (Å²) < 4.78 is 0. The average molecular weight is 242 g/mol. The van der Waals surface area contributed by atoms with Gasteiger partial charge < -0.3 is 15.1 Å². The van der Waals surface area contributed by atoms with Crippen LogP contribution in [0.15, 0.2) is 29.2 Å². The highest BCUT2D eigenvalue weighted by atomic mass is 32.2. The summed E-state index contributed by atoms with van der Waals surface area (Å²) in [5.41, 5.74) is 1.25. The van der Waals surface area contributed by atoms with Crippen LogP contribution >= 0.6 is 11.8 Å². The Morgan fingerprint density at radius 2 is 1.62 bits per heavy atom. The van der Waals surface area contributed by atoms with Crippen LogP contribution in [-0.2, 0) is 6.54 Å². The molecule has 0 amide bonds. The maximum Gasteiger partial charge on any atom is 0.103 e. The van der Waals surface area contributed by atoms with E-state index in [1.807, 2.05) is 0 Å². The van der Waals surface area contributed by atoms with E-state index in [2.05, 4.69) is 30.5 Å². The number of nitrogens with one attached hydrogen (secondary N) is 1. The molecule has 0 atom stereocenters. The normalized spacial score (nSPS) is 11.0. The van der Waals surface area contributed by atoms with Gasteiger partial charge in [0.25, 0.3) is 0 Å². The number of rotatable bonds is 7. The molecule has 0 saturated carbocycles. The number of quaternary nitrogens is 1. The van der Waals surface area contributed by atoms with Crippen LogP contribution in [0.5, 0.6) is 0 Å². The zero-order valence-electron chi connectivity index (χ0n) is 9.65. The van der Waals surface area contributed by atoms with Gasteiger partial charge in [0, 0.05) is 10.5 Å². The fourth-order valence-corrected chi connectivity index (χ4v) is 2.06. The molecule has 0 aromatic heterocycles. The van der Waals surface area contributed by atoms with Crippen molar-refractivity contribution in [2.75, 3.05) is 32.6 Å². The number of aliphatic hydroxyl groups excluding tert-OH is 2. The zero-order valence-corrected chi connectivity index (χ0v) is 10.5. The standard InChI is InChI=1S/C12H19NO2S/c1-16-12-4-2-11(3-5-12)10-13(6-8-14)7-9-15/h2-5,14-15H,6-10H2,1H3/p+1. The third-order valence-electron chi connectivity index (χ3n) is 2.54. The third-order valence-corrected chi connectivity index (χ3v) is 3.29. The van der Waals surface area contributed by atoms with Gasteiger partial charge in [0.1, 0.15) is 19.6 Å². The average Bonchev–Trinajstić information content (AvgIpc) is 2.31. The molecule has 3 N–H and O–H groups in total. The van der Waals surface area contributed by atoms with Gasteiger partial charge in [-0.25, -0.2) is 0 Å². The summed E-state index contributed by atoms with van der Waals surface area (Å²) in [7, 11) is 0. The SMILES string of the molecule is CSc1ccc(C[NH+](CCO)CCO)cc1. The van der Waals surface area contributed by atoms with Crippen LogP contribution in [0.4, 0.5) is 0 Å². The van der Waals surface area contributed by atoms with Gasteiger partial charge in [-0.3, -0.25) is 0 Å². The maximum absolute atomic E-state index is 8.92. The molecular weight excluding hydrogens is 222 g/mol. The van der Waals surface area contributed by atoms with Gasteiger partial charge in [-0.05, 0) is 18.4 Å². The van der Waals surface area contributed by atoms with Crippen LogP contribution in [0.3, 0.4) is 0 Å². The Balaban J connectivity index is 2.54. The summed E-state index contributed by atoms with van der Waals surface area (Å²) in [6.07, 6.45) is 2.06. The molecular formula is C12H20NO2S+. The van der Waals surface area contributed by atoms with E-state index in [0.29, 0.717) is 13.1 Å². The van der Waals surface area contributed by atoms with Crippen molar-refractivity contribution < 1.29 is 15.1 Å². The van der Waals surface area contributed by atoms with E-state index >= 15 is 0 Å². The molecule has 0 saturated heterocycles. The molecule has 1 rings (SSSR count). The van der Waals surface area contributed by atoms with Crippen LogP contribution in [0.25, 0.3) is 0 Å². The first-order valence-electron chi connectivity index (χ1n) is 5.48. The molecule has 0 aliphatic carbocycles. The second-order valence-corrected chi connectivity index (χ2v) is 4.60. The largest absolute Gasteiger partial charge is 0.391 e. The zero-order chi connectivity index (χ0) is 11.8. The molecule has 1 aromatic rings. The third kappa shape index (κ3) is 4.53. The van der Waals surface area contributed by atoms with Crippen LogP contribution in [0, 0.1) is 0 Å². The van der Waals surface area contributed by atoms with Crippen molar-refractivity contribution in [3.8, 4) is 0 Å². The number of thioether (sulfide) groups is 1. The summed E-state index contributed by atoms with van der Waals surface area (Å²) in [4.78, 5) is 2.47. The van der Waals surface area contributed by atoms with Crippen LogP contribution in [-0.4, -0.2) is 42.8 Å². The van der Waals surface area contributed by atoms with E-state index in [9.17, 15) is 0 Å². The summed E-state index contributed by atoms with van der Waals surface area (Å²) in [5, 5.41) is 17.8. The van der Waals surface area contributed by atoms with Gasteiger partial charge in [0.15, 0.2) is 0 Å². The minimum absolute atomic E-state index is 0.165. The smallest absolute Gasteiger partial charge is 0.103 e. The van der Waals surface area contributed by atoms with E-state index in [0.717, 1.165) is 6.54 Å². The minimum atomic E-state index is 0.165. The lowest BCUT2D eigenvalue weighted by atomic mass is 10.2. The minimum Gasteiger partial charge on any atom is -0.391 e. The molecule has 4 heteroatoms. The Labute approximate surface area is 101 Å².